The first kappa shape index (κ1) is 16.9. The van der Waals surface area contributed by atoms with Crippen LogP contribution in [0.25, 0.3) is 0 Å². The molecule has 136 valence electrons. The molecule has 0 aromatic carbocycles. The van der Waals surface area contributed by atoms with Gasteiger partial charge in [0.2, 0.25) is 5.88 Å². The molecule has 0 fully saturated rings. The van der Waals surface area contributed by atoms with E-state index in [-0.39, 0.29) is 12.0 Å². The van der Waals surface area contributed by atoms with E-state index < -0.39 is 0 Å². The molecule has 0 spiro atoms. The second-order valence-corrected chi connectivity index (χ2v) is 6.46. The molecule has 7 heteroatoms. The number of hydrogen-bond acceptors (Lipinski definition) is 5. The van der Waals surface area contributed by atoms with E-state index in [0.29, 0.717) is 42.4 Å². The van der Waals surface area contributed by atoms with Crippen molar-refractivity contribution in [2.75, 3.05) is 6.54 Å². The fourth-order valence-electron chi connectivity index (χ4n) is 3.25. The summed E-state index contributed by atoms with van der Waals surface area (Å²) in [5.41, 5.74) is 2.08. The average molecular weight is 362 g/mol. The minimum Gasteiger partial charge on any atom is -0.471 e. The van der Waals surface area contributed by atoms with Gasteiger partial charge in [0.25, 0.3) is 5.91 Å². The Kier molecular flexibility index (Phi) is 4.38. The first-order chi connectivity index (χ1) is 13.1. The standard InChI is InChI=1S/C20H18N4O3/c1-14-18(6-8-26-14)20(25)24-11-16-3-2-7-23(16)12-17(13-24)27-19-5-4-15(9-21)10-22-19/h2-8,10,17H,11-13H2,1H3/t17-/m1/s1. The zero-order valence-electron chi connectivity index (χ0n) is 14.8. The van der Waals surface area contributed by atoms with Crippen LogP contribution in [0.2, 0.25) is 0 Å². The van der Waals surface area contributed by atoms with Crippen LogP contribution >= 0.6 is 0 Å². The quantitative estimate of drug-likeness (QED) is 0.715. The summed E-state index contributed by atoms with van der Waals surface area (Å²) in [6.07, 6.45) is 4.72. The molecule has 0 saturated carbocycles. The van der Waals surface area contributed by atoms with E-state index in [1.807, 2.05) is 24.4 Å². The third-order valence-electron chi connectivity index (χ3n) is 4.63. The Morgan fingerprint density at radius 2 is 2.22 bits per heavy atom. The van der Waals surface area contributed by atoms with Crippen LogP contribution in [0, 0.1) is 18.3 Å². The molecule has 0 saturated heterocycles. The molecule has 0 unspecified atom stereocenters. The minimum absolute atomic E-state index is 0.0858. The van der Waals surface area contributed by atoms with E-state index >= 15 is 0 Å². The lowest BCUT2D eigenvalue weighted by Gasteiger charge is -2.24. The molecule has 1 amide bonds. The fourth-order valence-corrected chi connectivity index (χ4v) is 3.25. The molecule has 3 aromatic heterocycles. The smallest absolute Gasteiger partial charge is 0.257 e. The molecule has 0 bridgehead atoms. The predicted molar refractivity (Wildman–Crippen MR) is 96.0 cm³/mol. The summed E-state index contributed by atoms with van der Waals surface area (Å²) in [4.78, 5) is 18.9. The van der Waals surface area contributed by atoms with Gasteiger partial charge in [-0.2, -0.15) is 5.26 Å². The van der Waals surface area contributed by atoms with Crippen molar-refractivity contribution in [2.24, 2.45) is 0 Å². The van der Waals surface area contributed by atoms with Gasteiger partial charge in [-0.25, -0.2) is 4.98 Å². The number of carbonyl (C=O) groups is 1. The van der Waals surface area contributed by atoms with Crippen LogP contribution in [-0.2, 0) is 13.1 Å². The zero-order chi connectivity index (χ0) is 18.8. The van der Waals surface area contributed by atoms with Crippen LogP contribution < -0.4 is 4.74 Å². The highest BCUT2D eigenvalue weighted by molar-refractivity contribution is 5.95. The number of nitrogens with zero attached hydrogens (tertiary/aromatic N) is 4. The molecule has 1 aliphatic heterocycles. The van der Waals surface area contributed by atoms with Gasteiger partial charge in [0.05, 0.1) is 37.0 Å². The van der Waals surface area contributed by atoms with Crippen LogP contribution in [0.4, 0.5) is 0 Å². The topological polar surface area (TPSA) is 84.3 Å². The molecule has 27 heavy (non-hydrogen) atoms. The summed E-state index contributed by atoms with van der Waals surface area (Å²) in [6, 6.07) is 11.0. The van der Waals surface area contributed by atoms with Crippen molar-refractivity contribution < 1.29 is 13.9 Å². The first-order valence-corrected chi connectivity index (χ1v) is 8.64. The monoisotopic (exact) mass is 362 g/mol. The molecule has 7 nitrogen and oxygen atoms in total. The van der Waals surface area contributed by atoms with E-state index in [9.17, 15) is 4.79 Å². The normalized spacial score (nSPS) is 16.3. The number of ether oxygens (including phenoxy) is 1. The fraction of sp³-hybridized carbons (Fsp3) is 0.250. The lowest BCUT2D eigenvalue weighted by Crippen LogP contribution is -2.38. The van der Waals surface area contributed by atoms with Crippen molar-refractivity contribution in [3.8, 4) is 11.9 Å². The van der Waals surface area contributed by atoms with Crippen LogP contribution in [-0.4, -0.2) is 33.0 Å². The van der Waals surface area contributed by atoms with E-state index in [1.165, 1.54) is 12.5 Å². The van der Waals surface area contributed by atoms with Crippen molar-refractivity contribution in [1.82, 2.24) is 14.5 Å². The summed E-state index contributed by atoms with van der Waals surface area (Å²) in [7, 11) is 0. The Labute approximate surface area is 156 Å². The first-order valence-electron chi connectivity index (χ1n) is 8.64. The molecule has 3 aromatic rings. The van der Waals surface area contributed by atoms with Crippen molar-refractivity contribution in [2.45, 2.75) is 26.1 Å². The molecule has 1 aliphatic rings. The molecule has 0 aliphatic carbocycles. The molecular weight excluding hydrogens is 344 g/mol. The maximum absolute atomic E-state index is 13.0. The second-order valence-electron chi connectivity index (χ2n) is 6.46. The predicted octanol–water partition coefficient (Wildman–Crippen LogP) is 2.76. The number of furan rings is 1. The van der Waals surface area contributed by atoms with Crippen LogP contribution in [0.15, 0.2) is 53.4 Å². The van der Waals surface area contributed by atoms with Gasteiger partial charge in [-0.3, -0.25) is 4.79 Å². The lowest BCUT2D eigenvalue weighted by molar-refractivity contribution is 0.0644. The van der Waals surface area contributed by atoms with Crippen molar-refractivity contribution in [1.29, 1.82) is 5.26 Å². The van der Waals surface area contributed by atoms with Crippen molar-refractivity contribution in [3.63, 3.8) is 0 Å². The lowest BCUT2D eigenvalue weighted by atomic mass is 10.2. The number of pyridine rings is 1. The molecule has 1 atom stereocenters. The van der Waals surface area contributed by atoms with E-state index in [2.05, 4.69) is 9.55 Å². The largest absolute Gasteiger partial charge is 0.471 e. The number of hydrogen-bond donors (Lipinski definition) is 0. The summed E-state index contributed by atoms with van der Waals surface area (Å²) < 4.78 is 13.4. The molecular formula is C20H18N4O3. The van der Waals surface area contributed by atoms with Gasteiger partial charge in [0.15, 0.2) is 0 Å². The van der Waals surface area contributed by atoms with Crippen LogP contribution in [0.3, 0.4) is 0 Å². The van der Waals surface area contributed by atoms with E-state index in [1.54, 1.807) is 30.0 Å². The van der Waals surface area contributed by atoms with Gasteiger partial charge in [0, 0.05) is 24.2 Å². The molecule has 0 radical (unpaired) electrons. The maximum Gasteiger partial charge on any atom is 0.257 e. The number of carbonyl (C=O) groups excluding carboxylic acids is 1. The van der Waals surface area contributed by atoms with E-state index in [0.717, 1.165) is 5.69 Å². The second kappa shape index (κ2) is 7.00. The maximum atomic E-state index is 13.0. The van der Waals surface area contributed by atoms with Crippen LogP contribution in [0.1, 0.15) is 27.4 Å². The number of fused-ring (bicyclic) bond motifs is 1. The number of aryl methyl sites for hydroxylation is 1. The van der Waals surface area contributed by atoms with Gasteiger partial charge >= 0.3 is 0 Å². The third-order valence-corrected chi connectivity index (χ3v) is 4.63. The SMILES string of the molecule is Cc1occc1C(=O)N1Cc2cccn2C[C@@H](Oc2ccc(C#N)cn2)C1. The Hall–Kier alpha value is -3.53. The van der Waals surface area contributed by atoms with Crippen molar-refractivity contribution in [3.05, 3.63) is 71.6 Å². The minimum atomic E-state index is -0.268. The third kappa shape index (κ3) is 3.42. The average Bonchev–Trinajstić information content (AvgIpc) is 3.26. The number of rotatable bonds is 3. The Bertz CT molecular complexity index is 997. The van der Waals surface area contributed by atoms with Gasteiger partial charge in [-0.15, -0.1) is 0 Å². The van der Waals surface area contributed by atoms with E-state index in [4.69, 9.17) is 14.4 Å². The Balaban J connectivity index is 1.59. The Morgan fingerprint density at radius 3 is 2.93 bits per heavy atom. The van der Waals surface area contributed by atoms with Crippen LogP contribution in [0.5, 0.6) is 5.88 Å². The highest BCUT2D eigenvalue weighted by Gasteiger charge is 2.28. The van der Waals surface area contributed by atoms with Crippen molar-refractivity contribution >= 4 is 5.91 Å². The van der Waals surface area contributed by atoms with Gasteiger partial charge in [0.1, 0.15) is 17.9 Å². The van der Waals surface area contributed by atoms with Gasteiger partial charge < -0.3 is 18.6 Å². The summed E-state index contributed by atoms with van der Waals surface area (Å²) in [5.74, 6) is 0.949. The van der Waals surface area contributed by atoms with Gasteiger partial charge in [-0.05, 0) is 31.2 Å². The summed E-state index contributed by atoms with van der Waals surface area (Å²) >= 11 is 0. The molecule has 4 heterocycles. The summed E-state index contributed by atoms with van der Waals surface area (Å²) in [6.45, 7) is 3.31. The Morgan fingerprint density at radius 1 is 1.33 bits per heavy atom. The number of nitriles is 1. The zero-order valence-corrected chi connectivity index (χ0v) is 14.8. The summed E-state index contributed by atoms with van der Waals surface area (Å²) in [5, 5.41) is 8.90. The number of amides is 1. The van der Waals surface area contributed by atoms with Gasteiger partial charge in [-0.1, -0.05) is 0 Å². The highest BCUT2D eigenvalue weighted by Crippen LogP contribution is 2.21. The molecule has 0 N–H and O–H groups in total. The number of aromatic nitrogens is 2. The molecule has 4 rings (SSSR count). The highest BCUT2D eigenvalue weighted by atomic mass is 16.5.